The van der Waals surface area contributed by atoms with Crippen LogP contribution in [0.4, 0.5) is 0 Å². The van der Waals surface area contributed by atoms with Crippen LogP contribution in [-0.2, 0) is 4.79 Å². The summed E-state index contributed by atoms with van der Waals surface area (Å²) in [6.45, 7) is 20.0. The maximum atomic E-state index is 14.3. The van der Waals surface area contributed by atoms with Gasteiger partial charge in [0.1, 0.15) is 5.78 Å². The molecule has 34 heavy (non-hydrogen) atoms. The molecule has 0 amide bonds. The summed E-state index contributed by atoms with van der Waals surface area (Å²) in [6, 6.07) is 0. The molecule has 5 aliphatic carbocycles. The number of Topliss-reactive ketones (excluding diaryl/α,β-unsaturated/α-hetero) is 1. The maximum absolute atomic E-state index is 14.3. The number of ketones is 1. The second-order valence-corrected chi connectivity index (χ2v) is 14.9. The number of carbonyl (C=O) groups is 1. The molecular weight excluding hydrogens is 420 g/mol. The molecule has 2 spiro atoms. The van der Waals surface area contributed by atoms with E-state index in [4.69, 9.17) is 0 Å². The lowest BCUT2D eigenvalue weighted by atomic mass is 9.41. The van der Waals surface area contributed by atoms with Crippen LogP contribution in [-0.4, -0.2) is 28.2 Å². The van der Waals surface area contributed by atoms with Crippen molar-refractivity contribution in [1.29, 1.82) is 0 Å². The van der Waals surface area contributed by atoms with E-state index in [2.05, 4.69) is 55.0 Å². The van der Waals surface area contributed by atoms with Gasteiger partial charge in [0, 0.05) is 11.8 Å². The van der Waals surface area contributed by atoms with Crippen LogP contribution in [0.3, 0.4) is 0 Å². The Hall–Kier alpha value is -0.670. The molecule has 2 N–H and O–H groups in total. The molecule has 0 aromatic carbocycles. The van der Waals surface area contributed by atoms with Crippen LogP contribution in [0.15, 0.2) is 12.2 Å². The van der Waals surface area contributed by atoms with E-state index in [1.165, 1.54) is 19.3 Å². The Morgan fingerprint density at radius 3 is 2.29 bits per heavy atom. The van der Waals surface area contributed by atoms with Crippen LogP contribution in [0.5, 0.6) is 0 Å². The monoisotopic (exact) mass is 470 g/mol. The highest BCUT2D eigenvalue weighted by molar-refractivity contribution is 5.89. The second-order valence-electron chi connectivity index (χ2n) is 14.9. The van der Waals surface area contributed by atoms with Gasteiger partial charge in [-0.25, -0.2) is 0 Å². The van der Waals surface area contributed by atoms with E-state index in [1.807, 2.05) is 0 Å². The van der Waals surface area contributed by atoms with Gasteiger partial charge in [-0.3, -0.25) is 4.79 Å². The van der Waals surface area contributed by atoms with Crippen LogP contribution in [0.2, 0.25) is 0 Å². The van der Waals surface area contributed by atoms with Gasteiger partial charge in [0.15, 0.2) is 0 Å². The highest BCUT2D eigenvalue weighted by Crippen LogP contribution is 2.88. The lowest BCUT2D eigenvalue weighted by Crippen LogP contribution is -2.61. The summed E-state index contributed by atoms with van der Waals surface area (Å²) >= 11 is 0. The molecule has 3 nitrogen and oxygen atoms in total. The maximum Gasteiger partial charge on any atom is 0.140 e. The third-order valence-corrected chi connectivity index (χ3v) is 13.5. The fourth-order valence-electron chi connectivity index (χ4n) is 10.9. The first-order valence-corrected chi connectivity index (χ1v) is 14.3. The third-order valence-electron chi connectivity index (χ3n) is 13.5. The van der Waals surface area contributed by atoms with Crippen LogP contribution in [0, 0.1) is 56.7 Å². The lowest BCUT2D eigenvalue weighted by Gasteiger charge is -2.62. The second kappa shape index (κ2) is 7.44. The van der Waals surface area contributed by atoms with Gasteiger partial charge in [-0.2, -0.15) is 0 Å². The Balaban J connectivity index is 1.45. The van der Waals surface area contributed by atoms with E-state index in [9.17, 15) is 15.0 Å². The van der Waals surface area contributed by atoms with Crippen LogP contribution < -0.4 is 0 Å². The Kier molecular flexibility index (Phi) is 5.47. The first-order valence-electron chi connectivity index (χ1n) is 14.3. The van der Waals surface area contributed by atoms with E-state index in [-0.39, 0.29) is 45.0 Å². The fraction of sp³-hybridized carbons (Fsp3) is 0.903. The molecule has 5 fully saturated rings. The molecule has 0 saturated heterocycles. The number of aliphatic hydroxyl groups excluding tert-OH is 2. The van der Waals surface area contributed by atoms with Gasteiger partial charge in [0.25, 0.3) is 0 Å². The molecule has 0 aromatic rings. The first-order chi connectivity index (χ1) is 15.7. The zero-order chi connectivity index (χ0) is 25.1. The normalized spacial score (nSPS) is 50.6. The number of hydrogen-bond acceptors (Lipinski definition) is 3. The number of hydrogen-bond donors (Lipinski definition) is 2. The molecule has 0 bridgehead atoms. The van der Waals surface area contributed by atoms with Gasteiger partial charge < -0.3 is 10.2 Å². The van der Waals surface area contributed by atoms with Gasteiger partial charge in [-0.15, -0.1) is 0 Å². The fourth-order valence-corrected chi connectivity index (χ4v) is 10.9. The van der Waals surface area contributed by atoms with E-state index in [1.54, 1.807) is 0 Å². The van der Waals surface area contributed by atoms with Crippen molar-refractivity contribution >= 4 is 5.78 Å². The molecule has 192 valence electrons. The molecule has 5 rings (SSSR count). The number of fused-ring (bicyclic) bond motifs is 2. The Bertz CT molecular complexity index is 889. The predicted octanol–water partition coefficient (Wildman–Crippen LogP) is 6.56. The highest BCUT2D eigenvalue weighted by atomic mass is 16.3. The lowest BCUT2D eigenvalue weighted by molar-refractivity contribution is -0.177. The van der Waals surface area contributed by atoms with Crippen LogP contribution in [0.1, 0.15) is 106 Å². The average molecular weight is 471 g/mol. The average Bonchev–Trinajstić information content (AvgIpc) is 3.32. The van der Waals surface area contributed by atoms with E-state index >= 15 is 0 Å². The van der Waals surface area contributed by atoms with Crippen molar-refractivity contribution in [3.05, 3.63) is 12.2 Å². The molecular formula is C31H50O3. The molecule has 10 atom stereocenters. The molecule has 0 radical (unpaired) electrons. The van der Waals surface area contributed by atoms with Gasteiger partial charge in [-0.1, -0.05) is 60.6 Å². The van der Waals surface area contributed by atoms with Crippen LogP contribution >= 0.6 is 0 Å². The molecule has 3 heteroatoms. The minimum atomic E-state index is -0.425. The molecule has 5 aliphatic rings. The van der Waals surface area contributed by atoms with Crippen molar-refractivity contribution in [2.75, 3.05) is 0 Å². The SMILES string of the molecule is C=C(C[C@@H](O)[C@@H](C)[C@H]1CC[C@@]2(C)[C@@H]3CC[C@H]4C(C)(C)[C@@H](O)CC[C@@]45C[C@@]35CC(=O)[C@]12C)C(C)C. The van der Waals surface area contributed by atoms with Crippen molar-refractivity contribution in [3.8, 4) is 0 Å². The summed E-state index contributed by atoms with van der Waals surface area (Å²) in [7, 11) is 0. The predicted molar refractivity (Wildman–Crippen MR) is 137 cm³/mol. The Morgan fingerprint density at radius 1 is 1.00 bits per heavy atom. The van der Waals surface area contributed by atoms with E-state index in [0.29, 0.717) is 30.0 Å². The smallest absolute Gasteiger partial charge is 0.140 e. The number of aliphatic hydroxyl groups is 2. The minimum absolute atomic E-state index is 0.0186. The molecule has 0 aliphatic heterocycles. The Labute approximate surface area is 208 Å². The summed E-state index contributed by atoms with van der Waals surface area (Å²) < 4.78 is 0. The Morgan fingerprint density at radius 2 is 1.65 bits per heavy atom. The summed E-state index contributed by atoms with van der Waals surface area (Å²) in [4.78, 5) is 14.3. The number of carbonyl (C=O) groups excluding carboxylic acids is 1. The van der Waals surface area contributed by atoms with Crippen molar-refractivity contribution in [2.24, 2.45) is 56.7 Å². The molecule has 0 heterocycles. The molecule has 5 saturated carbocycles. The summed E-state index contributed by atoms with van der Waals surface area (Å²) in [6.07, 6.45) is 8.53. The van der Waals surface area contributed by atoms with Crippen molar-refractivity contribution < 1.29 is 15.0 Å². The molecule has 0 unspecified atom stereocenters. The van der Waals surface area contributed by atoms with Gasteiger partial charge in [0.05, 0.1) is 12.2 Å². The van der Waals surface area contributed by atoms with Crippen molar-refractivity contribution in [2.45, 2.75) is 118 Å². The van der Waals surface area contributed by atoms with E-state index in [0.717, 1.165) is 37.7 Å². The zero-order valence-corrected chi connectivity index (χ0v) is 22.9. The third kappa shape index (κ3) is 2.81. The van der Waals surface area contributed by atoms with Crippen molar-refractivity contribution in [1.82, 2.24) is 0 Å². The standard InChI is InChI=1S/C31H50O3/c1-18(2)19(3)15-22(32)20(4)21-11-13-28(7)24-10-9-23-27(5,6)25(33)12-14-30(23)17-31(24,30)16-26(34)29(21,28)8/h18,20-25,32-33H,3,9-17H2,1-2,4-8H3/t20-,21+,22+,23-,24-,25-,28-,29-,30+,31-/m0/s1. The largest absolute Gasteiger partial charge is 0.393 e. The topological polar surface area (TPSA) is 57.5 Å². The van der Waals surface area contributed by atoms with Crippen LogP contribution in [0.25, 0.3) is 0 Å². The first kappa shape index (κ1) is 25.0. The van der Waals surface area contributed by atoms with Gasteiger partial charge >= 0.3 is 0 Å². The van der Waals surface area contributed by atoms with Gasteiger partial charge in [0.2, 0.25) is 0 Å². The van der Waals surface area contributed by atoms with E-state index < -0.39 is 6.10 Å². The van der Waals surface area contributed by atoms with Crippen molar-refractivity contribution in [3.63, 3.8) is 0 Å². The minimum Gasteiger partial charge on any atom is -0.393 e. The quantitative estimate of drug-likeness (QED) is 0.447. The summed E-state index contributed by atoms with van der Waals surface area (Å²) in [5.74, 6) is 2.35. The summed E-state index contributed by atoms with van der Waals surface area (Å²) in [5.41, 5.74) is 1.18. The van der Waals surface area contributed by atoms with Gasteiger partial charge in [-0.05, 0) is 103 Å². The zero-order valence-electron chi connectivity index (χ0n) is 22.9. The molecule has 0 aromatic heterocycles. The number of rotatable bonds is 5. The highest BCUT2D eigenvalue weighted by Gasteiger charge is 2.83. The summed E-state index contributed by atoms with van der Waals surface area (Å²) in [5, 5.41) is 22.0.